The van der Waals surface area contributed by atoms with Crippen LogP contribution in [0.15, 0.2) is 24.5 Å². The van der Waals surface area contributed by atoms with Crippen LogP contribution in [0.5, 0.6) is 0 Å². The van der Waals surface area contributed by atoms with Crippen LogP contribution in [0, 0.1) is 5.82 Å². The molecule has 2 aromatic heterocycles. The molecule has 1 aliphatic rings. The van der Waals surface area contributed by atoms with E-state index >= 15 is 0 Å². The summed E-state index contributed by atoms with van der Waals surface area (Å²) in [6, 6.07) is 4.19. The number of fused-ring (bicyclic) bond motifs is 1. The molecule has 156 valence electrons. The van der Waals surface area contributed by atoms with Gasteiger partial charge in [0.2, 0.25) is 5.95 Å². The standard InChI is InChI=1S/C19H17ClFN5O2S2/c1-28-17(27)15-12-3-2-4-14(12)30-16(15)23-19(29)24-18-22-9-26(25-18)8-10-5-6-11(21)7-13(10)20/h5-7,9H,2-4,8H2,1H3,(H2,23,24,25,29). The molecule has 2 heterocycles. The summed E-state index contributed by atoms with van der Waals surface area (Å²) in [6.07, 6.45) is 4.36. The molecule has 1 aromatic carbocycles. The number of thiocarbonyl (C=S) groups is 1. The van der Waals surface area contributed by atoms with Gasteiger partial charge in [-0.3, -0.25) is 5.32 Å². The molecule has 0 amide bonds. The van der Waals surface area contributed by atoms with Gasteiger partial charge in [0.25, 0.3) is 0 Å². The molecule has 0 saturated carbocycles. The lowest BCUT2D eigenvalue weighted by atomic mass is 10.1. The van der Waals surface area contributed by atoms with Crippen LogP contribution >= 0.6 is 35.2 Å². The number of nitrogens with one attached hydrogen (secondary N) is 2. The summed E-state index contributed by atoms with van der Waals surface area (Å²) in [5, 5.41) is 11.5. The summed E-state index contributed by atoms with van der Waals surface area (Å²) in [6.45, 7) is 0.331. The number of anilines is 2. The summed E-state index contributed by atoms with van der Waals surface area (Å²) in [5.41, 5.74) is 2.30. The minimum absolute atomic E-state index is 0.262. The van der Waals surface area contributed by atoms with Crippen LogP contribution in [0.3, 0.4) is 0 Å². The van der Waals surface area contributed by atoms with Gasteiger partial charge in [0.15, 0.2) is 5.11 Å². The number of nitrogens with zero attached hydrogens (tertiary/aromatic N) is 3. The highest BCUT2D eigenvalue weighted by Gasteiger charge is 2.27. The van der Waals surface area contributed by atoms with Gasteiger partial charge in [-0.2, -0.15) is 0 Å². The molecule has 0 aliphatic heterocycles. The topological polar surface area (TPSA) is 81.1 Å². The molecule has 1 aliphatic carbocycles. The van der Waals surface area contributed by atoms with Gasteiger partial charge in [0, 0.05) is 9.90 Å². The number of carbonyl (C=O) groups excluding carboxylic acids is 1. The lowest BCUT2D eigenvalue weighted by Crippen LogP contribution is -2.21. The Balaban J connectivity index is 1.44. The van der Waals surface area contributed by atoms with Gasteiger partial charge in [0.05, 0.1) is 19.2 Å². The largest absolute Gasteiger partial charge is 0.465 e. The maximum atomic E-state index is 13.2. The maximum Gasteiger partial charge on any atom is 0.341 e. The Labute approximate surface area is 186 Å². The molecule has 2 N–H and O–H groups in total. The Morgan fingerprint density at radius 1 is 1.40 bits per heavy atom. The first-order chi connectivity index (χ1) is 14.4. The van der Waals surface area contributed by atoms with Crippen LogP contribution in [0.4, 0.5) is 15.3 Å². The summed E-state index contributed by atoms with van der Waals surface area (Å²) in [5.74, 6) is -0.486. The second kappa shape index (κ2) is 8.66. The molecule has 30 heavy (non-hydrogen) atoms. The highest BCUT2D eigenvalue weighted by molar-refractivity contribution is 7.80. The number of aryl methyl sites for hydroxylation is 1. The summed E-state index contributed by atoms with van der Waals surface area (Å²) >= 11 is 12.9. The first kappa shape index (κ1) is 20.7. The van der Waals surface area contributed by atoms with Crippen LogP contribution in [0.2, 0.25) is 5.02 Å². The zero-order valence-electron chi connectivity index (χ0n) is 15.9. The average molecular weight is 466 g/mol. The van der Waals surface area contributed by atoms with Crippen LogP contribution in [0.25, 0.3) is 0 Å². The van der Waals surface area contributed by atoms with Crippen LogP contribution < -0.4 is 10.6 Å². The fourth-order valence-corrected chi connectivity index (χ4v) is 5.07. The molecule has 0 spiro atoms. The number of halogens is 2. The Kier molecular flexibility index (Phi) is 5.98. The van der Waals surface area contributed by atoms with Gasteiger partial charge >= 0.3 is 5.97 Å². The smallest absolute Gasteiger partial charge is 0.341 e. The Bertz CT molecular complexity index is 1130. The van der Waals surface area contributed by atoms with Crippen molar-refractivity contribution in [2.45, 2.75) is 25.8 Å². The average Bonchev–Trinajstić information content (AvgIpc) is 3.40. The Hall–Kier alpha value is -2.56. The van der Waals surface area contributed by atoms with Gasteiger partial charge in [-0.05, 0) is 54.7 Å². The van der Waals surface area contributed by atoms with Crippen LogP contribution in [0.1, 0.15) is 32.8 Å². The number of aromatic nitrogens is 3. The lowest BCUT2D eigenvalue weighted by Gasteiger charge is -2.09. The zero-order chi connectivity index (χ0) is 21.3. The Morgan fingerprint density at radius 2 is 2.23 bits per heavy atom. The highest BCUT2D eigenvalue weighted by atomic mass is 35.5. The third-order valence-corrected chi connectivity index (χ3v) is 6.41. The summed E-state index contributed by atoms with van der Waals surface area (Å²) in [4.78, 5) is 17.6. The maximum absolute atomic E-state index is 13.2. The van der Waals surface area contributed by atoms with E-state index in [1.165, 1.54) is 41.8 Å². The van der Waals surface area contributed by atoms with Gasteiger partial charge in [-0.25, -0.2) is 18.9 Å². The lowest BCUT2D eigenvalue weighted by molar-refractivity contribution is 0.0601. The minimum atomic E-state index is -0.396. The van der Waals surface area contributed by atoms with E-state index in [9.17, 15) is 9.18 Å². The van der Waals surface area contributed by atoms with Gasteiger partial charge in [0.1, 0.15) is 17.1 Å². The van der Waals surface area contributed by atoms with Crippen molar-refractivity contribution in [1.29, 1.82) is 0 Å². The molecule has 0 radical (unpaired) electrons. The Morgan fingerprint density at radius 3 is 3.00 bits per heavy atom. The summed E-state index contributed by atoms with van der Waals surface area (Å²) < 4.78 is 19.7. The first-order valence-electron chi connectivity index (χ1n) is 9.09. The van der Waals surface area contributed by atoms with Crippen molar-refractivity contribution >= 4 is 57.2 Å². The van der Waals surface area contributed by atoms with Crippen molar-refractivity contribution < 1.29 is 13.9 Å². The third kappa shape index (κ3) is 4.30. The number of carbonyl (C=O) groups is 1. The second-order valence-electron chi connectivity index (χ2n) is 6.63. The SMILES string of the molecule is COC(=O)c1c(NC(=S)Nc2ncn(Cc3ccc(F)cc3Cl)n2)sc2c1CCC2. The predicted molar refractivity (Wildman–Crippen MR) is 118 cm³/mol. The van der Waals surface area contributed by atoms with Crippen molar-refractivity contribution in [2.75, 3.05) is 17.7 Å². The molecular weight excluding hydrogens is 449 g/mol. The monoisotopic (exact) mass is 465 g/mol. The number of rotatable bonds is 5. The molecule has 0 saturated heterocycles. The molecule has 0 bridgehead atoms. The molecule has 3 aromatic rings. The zero-order valence-corrected chi connectivity index (χ0v) is 18.3. The third-order valence-electron chi connectivity index (χ3n) is 4.65. The van der Waals surface area contributed by atoms with E-state index < -0.39 is 5.82 Å². The van der Waals surface area contributed by atoms with E-state index in [1.54, 1.807) is 10.7 Å². The molecule has 4 rings (SSSR count). The number of hydrogen-bond acceptors (Lipinski definition) is 6. The van der Waals surface area contributed by atoms with E-state index in [2.05, 4.69) is 20.7 Å². The van der Waals surface area contributed by atoms with Crippen molar-refractivity contribution in [1.82, 2.24) is 14.8 Å². The first-order valence-corrected chi connectivity index (χ1v) is 10.7. The second-order valence-corrected chi connectivity index (χ2v) is 8.55. The van der Waals surface area contributed by atoms with E-state index in [0.717, 1.165) is 24.8 Å². The van der Waals surface area contributed by atoms with Crippen LogP contribution in [-0.4, -0.2) is 33.0 Å². The fraction of sp³-hybridized carbons (Fsp3) is 0.263. The number of thiophene rings is 1. The molecule has 0 atom stereocenters. The van der Waals surface area contributed by atoms with Gasteiger partial charge < -0.3 is 10.1 Å². The van der Waals surface area contributed by atoms with E-state index in [1.807, 2.05) is 0 Å². The van der Waals surface area contributed by atoms with E-state index in [4.69, 9.17) is 28.6 Å². The quantitative estimate of drug-likeness (QED) is 0.430. The number of esters is 1. The molecule has 7 nitrogen and oxygen atoms in total. The molecule has 0 fully saturated rings. The fourth-order valence-electron chi connectivity index (χ4n) is 3.30. The van der Waals surface area contributed by atoms with E-state index in [0.29, 0.717) is 27.7 Å². The number of hydrogen-bond donors (Lipinski definition) is 2. The van der Waals surface area contributed by atoms with Crippen LogP contribution in [-0.2, 0) is 24.1 Å². The van der Waals surface area contributed by atoms with Crippen molar-refractivity contribution in [3.05, 3.63) is 56.9 Å². The van der Waals surface area contributed by atoms with Crippen molar-refractivity contribution in [2.24, 2.45) is 0 Å². The van der Waals surface area contributed by atoms with Crippen molar-refractivity contribution in [3.8, 4) is 0 Å². The number of benzene rings is 1. The normalized spacial score (nSPS) is 12.5. The van der Waals surface area contributed by atoms with E-state index in [-0.39, 0.29) is 17.0 Å². The van der Waals surface area contributed by atoms with Gasteiger partial charge in [-0.1, -0.05) is 17.7 Å². The number of ether oxygens (including phenoxy) is 1. The minimum Gasteiger partial charge on any atom is -0.465 e. The predicted octanol–water partition coefficient (Wildman–Crippen LogP) is 4.26. The van der Waals surface area contributed by atoms with Gasteiger partial charge in [-0.15, -0.1) is 16.4 Å². The number of methoxy groups -OCH3 is 1. The molecule has 0 unspecified atom stereocenters. The van der Waals surface area contributed by atoms with Crippen molar-refractivity contribution in [3.63, 3.8) is 0 Å². The molecular formula is C19H17ClFN5O2S2. The summed E-state index contributed by atoms with van der Waals surface area (Å²) in [7, 11) is 1.37. The highest BCUT2D eigenvalue weighted by Crippen LogP contribution is 2.39. The molecule has 11 heteroatoms.